The number of hydrogen-bond donors (Lipinski definition) is 0. The first-order valence-corrected chi connectivity index (χ1v) is 9.86. The minimum absolute atomic E-state index is 0.329. The molecule has 0 N–H and O–H groups in total. The fourth-order valence-corrected chi connectivity index (χ4v) is 5.14. The molecule has 0 amide bonds. The lowest BCUT2D eigenvalue weighted by Crippen LogP contribution is -2.32. The van der Waals surface area contributed by atoms with Gasteiger partial charge in [-0.1, -0.05) is 84.5 Å². The Hall–Kier alpha value is -3.32. The van der Waals surface area contributed by atoms with Crippen LogP contribution in [0.5, 0.6) is 11.5 Å². The van der Waals surface area contributed by atoms with Gasteiger partial charge in [0.05, 0.1) is 5.41 Å². The normalized spacial score (nSPS) is 17.5. The van der Waals surface area contributed by atoms with E-state index in [1.807, 2.05) is 0 Å². The molecule has 0 saturated heterocycles. The van der Waals surface area contributed by atoms with E-state index >= 15 is 0 Å². The van der Waals surface area contributed by atoms with E-state index in [1.54, 1.807) is 0 Å². The maximum atomic E-state index is 6.36. The van der Waals surface area contributed by atoms with E-state index in [4.69, 9.17) is 4.74 Å². The van der Waals surface area contributed by atoms with Gasteiger partial charge in [-0.05, 0) is 47.8 Å². The summed E-state index contributed by atoms with van der Waals surface area (Å²) >= 11 is 0. The number of rotatable bonds is 0. The maximum Gasteiger partial charge on any atom is 0.132 e. The highest BCUT2D eigenvalue weighted by Gasteiger charge is 2.52. The van der Waals surface area contributed by atoms with Gasteiger partial charge in [-0.25, -0.2) is 0 Å². The zero-order valence-electron chi connectivity index (χ0n) is 15.8. The zero-order valence-corrected chi connectivity index (χ0v) is 15.8. The highest BCUT2D eigenvalue weighted by Crippen LogP contribution is 2.63. The van der Waals surface area contributed by atoms with Crippen LogP contribution >= 0.6 is 0 Å². The summed E-state index contributed by atoms with van der Waals surface area (Å²) in [6.45, 7) is 2.18. The Bertz CT molecular complexity index is 1180. The maximum absolute atomic E-state index is 6.36. The van der Waals surface area contributed by atoms with Gasteiger partial charge in [0.15, 0.2) is 0 Å². The third kappa shape index (κ3) is 1.86. The van der Waals surface area contributed by atoms with Crippen molar-refractivity contribution in [3.8, 4) is 11.5 Å². The average Bonchev–Trinajstić information content (AvgIpc) is 2.87. The van der Waals surface area contributed by atoms with Crippen molar-refractivity contribution >= 4 is 5.57 Å². The summed E-state index contributed by atoms with van der Waals surface area (Å²) in [5.41, 5.74) is 8.82. The summed E-state index contributed by atoms with van der Waals surface area (Å²) in [6, 6.07) is 23.9. The minimum Gasteiger partial charge on any atom is -0.457 e. The van der Waals surface area contributed by atoms with Crippen LogP contribution in [0.25, 0.3) is 5.57 Å². The van der Waals surface area contributed by atoms with Gasteiger partial charge in [0, 0.05) is 11.1 Å². The number of allylic oxidation sites excluding steroid dienone is 6. The Kier molecular flexibility index (Phi) is 3.14. The van der Waals surface area contributed by atoms with Gasteiger partial charge in [0.1, 0.15) is 11.5 Å². The molecule has 0 aromatic heterocycles. The highest BCUT2D eigenvalue weighted by atomic mass is 16.5. The quantitative estimate of drug-likeness (QED) is 0.432. The molecular weight excluding hydrogens is 340 g/mol. The van der Waals surface area contributed by atoms with Crippen molar-refractivity contribution in [2.24, 2.45) is 0 Å². The molecule has 0 bridgehead atoms. The lowest BCUT2D eigenvalue weighted by molar-refractivity contribution is 0.436. The molecule has 3 aromatic carbocycles. The number of benzene rings is 3. The molecule has 1 spiro atoms. The standard InChI is InChI=1S/C27H20O/c1-18-15-16-20-19-9-3-2-4-10-21(19)27(24(20)17-18)22-11-5-7-13-25(22)28-26-14-8-6-12-23(26)27/h2-3,5-17H,4H2,1H3. The van der Waals surface area contributed by atoms with Crippen LogP contribution in [0.15, 0.2) is 96.6 Å². The Labute approximate surface area is 165 Å². The summed E-state index contributed by atoms with van der Waals surface area (Å²) in [4.78, 5) is 0. The second-order valence-electron chi connectivity index (χ2n) is 7.76. The Morgan fingerprint density at radius 3 is 2.29 bits per heavy atom. The molecule has 2 aliphatic carbocycles. The van der Waals surface area contributed by atoms with Gasteiger partial charge in [0.25, 0.3) is 0 Å². The largest absolute Gasteiger partial charge is 0.457 e. The van der Waals surface area contributed by atoms with Crippen LogP contribution in [0.4, 0.5) is 0 Å². The summed E-state index contributed by atoms with van der Waals surface area (Å²) in [7, 11) is 0. The van der Waals surface area contributed by atoms with Crippen LogP contribution in [-0.2, 0) is 5.41 Å². The monoisotopic (exact) mass is 360 g/mol. The van der Waals surface area contributed by atoms with E-state index in [0.717, 1.165) is 17.9 Å². The van der Waals surface area contributed by atoms with E-state index in [0.29, 0.717) is 0 Å². The van der Waals surface area contributed by atoms with Crippen molar-refractivity contribution in [1.82, 2.24) is 0 Å². The first-order chi connectivity index (χ1) is 13.8. The lowest BCUT2D eigenvalue weighted by Gasteiger charge is -2.39. The van der Waals surface area contributed by atoms with Gasteiger partial charge < -0.3 is 4.74 Å². The molecule has 0 radical (unpaired) electrons. The Morgan fingerprint density at radius 2 is 1.54 bits per heavy atom. The number of ether oxygens (including phenoxy) is 1. The van der Waals surface area contributed by atoms with Crippen LogP contribution in [-0.4, -0.2) is 0 Å². The van der Waals surface area contributed by atoms with Crippen molar-refractivity contribution < 1.29 is 4.74 Å². The molecule has 0 fully saturated rings. The topological polar surface area (TPSA) is 9.23 Å². The van der Waals surface area contributed by atoms with Crippen LogP contribution in [0.3, 0.4) is 0 Å². The lowest BCUT2D eigenvalue weighted by atomic mass is 9.65. The van der Waals surface area contributed by atoms with Gasteiger partial charge in [0.2, 0.25) is 0 Å². The molecule has 3 aliphatic rings. The smallest absolute Gasteiger partial charge is 0.132 e. The first kappa shape index (κ1) is 15.7. The van der Waals surface area contributed by atoms with Gasteiger partial charge in [-0.2, -0.15) is 0 Å². The van der Waals surface area contributed by atoms with Gasteiger partial charge >= 0.3 is 0 Å². The van der Waals surface area contributed by atoms with Crippen molar-refractivity contribution in [1.29, 1.82) is 0 Å². The fourth-order valence-electron chi connectivity index (χ4n) is 5.14. The molecule has 1 heterocycles. The van der Waals surface area contributed by atoms with Gasteiger partial charge in [-0.15, -0.1) is 0 Å². The summed E-state index contributed by atoms with van der Waals surface area (Å²) in [5.74, 6) is 1.90. The molecule has 0 atom stereocenters. The van der Waals surface area contributed by atoms with Crippen molar-refractivity contribution in [3.05, 3.63) is 124 Å². The van der Waals surface area contributed by atoms with Crippen LogP contribution in [0, 0.1) is 6.92 Å². The first-order valence-electron chi connectivity index (χ1n) is 9.86. The molecule has 3 aromatic rings. The molecule has 0 saturated carbocycles. The molecule has 1 heteroatoms. The summed E-state index contributed by atoms with van der Waals surface area (Å²) < 4.78 is 6.36. The second-order valence-corrected chi connectivity index (χ2v) is 7.76. The number of fused-ring (bicyclic) bond motifs is 9. The third-order valence-electron chi connectivity index (χ3n) is 6.22. The van der Waals surface area contributed by atoms with E-state index in [2.05, 4.69) is 98.0 Å². The van der Waals surface area contributed by atoms with Crippen molar-refractivity contribution in [2.45, 2.75) is 18.8 Å². The van der Waals surface area contributed by atoms with E-state index in [1.165, 1.54) is 39.0 Å². The van der Waals surface area contributed by atoms with Crippen LogP contribution in [0.1, 0.15) is 34.2 Å². The summed E-state index contributed by atoms with van der Waals surface area (Å²) in [6.07, 6.45) is 10.1. The van der Waals surface area contributed by atoms with E-state index in [9.17, 15) is 0 Å². The zero-order chi connectivity index (χ0) is 18.7. The molecule has 1 aliphatic heterocycles. The average molecular weight is 360 g/mol. The Balaban J connectivity index is 1.84. The molecular formula is C27H20O. The number of hydrogen-bond acceptors (Lipinski definition) is 1. The minimum atomic E-state index is -0.329. The van der Waals surface area contributed by atoms with Crippen molar-refractivity contribution in [3.63, 3.8) is 0 Å². The molecule has 0 unspecified atom stereocenters. The van der Waals surface area contributed by atoms with Crippen LogP contribution in [0.2, 0.25) is 0 Å². The summed E-state index contributed by atoms with van der Waals surface area (Å²) in [5, 5.41) is 0. The van der Waals surface area contributed by atoms with Crippen LogP contribution < -0.4 is 4.74 Å². The molecule has 6 rings (SSSR count). The molecule has 28 heavy (non-hydrogen) atoms. The van der Waals surface area contributed by atoms with E-state index < -0.39 is 0 Å². The second kappa shape index (κ2) is 5.59. The van der Waals surface area contributed by atoms with Crippen molar-refractivity contribution in [2.75, 3.05) is 0 Å². The van der Waals surface area contributed by atoms with Gasteiger partial charge in [-0.3, -0.25) is 0 Å². The SMILES string of the molecule is Cc1ccc2c(c1)C1(C3=CCC=CC=C32)c2ccccc2Oc2ccccc21. The number of aryl methyl sites for hydroxylation is 1. The molecule has 1 nitrogen and oxygen atoms in total. The predicted molar refractivity (Wildman–Crippen MR) is 114 cm³/mol. The third-order valence-corrected chi connectivity index (χ3v) is 6.22. The van der Waals surface area contributed by atoms with E-state index in [-0.39, 0.29) is 5.41 Å². The molecule has 134 valence electrons. The number of para-hydroxylation sites is 2. The Morgan fingerprint density at radius 1 is 0.821 bits per heavy atom. The highest BCUT2D eigenvalue weighted by molar-refractivity contribution is 5.96. The fraction of sp³-hybridized carbons (Fsp3) is 0.111. The predicted octanol–water partition coefficient (Wildman–Crippen LogP) is 6.72.